The predicted molar refractivity (Wildman–Crippen MR) is 242 cm³/mol. The Labute approximate surface area is 382 Å². The van der Waals surface area contributed by atoms with Crippen LogP contribution < -0.4 is 14.2 Å². The number of aromatic nitrogens is 8. The summed E-state index contributed by atoms with van der Waals surface area (Å²) < 4.78 is 31.1. The Kier molecular flexibility index (Phi) is 15.5. The van der Waals surface area contributed by atoms with Crippen LogP contribution in [-0.4, -0.2) is 72.1 Å². The Morgan fingerprint density at radius 3 is 1.71 bits per heavy atom. The summed E-state index contributed by atoms with van der Waals surface area (Å²) in [4.78, 5) is 33.1. The number of aromatic carboxylic acids is 1. The Balaban J connectivity index is 0.000000197. The van der Waals surface area contributed by atoms with E-state index in [0.717, 1.165) is 62.4 Å². The molecule has 2 N–H and O–H groups in total. The number of hydrogen-bond acceptors (Lipinski definition) is 12. The highest BCUT2D eigenvalue weighted by Gasteiger charge is 2.29. The van der Waals surface area contributed by atoms with Gasteiger partial charge in [-0.15, -0.1) is 5.10 Å². The number of hydrogen-bond donors (Lipinski definition) is 2. The quantitative estimate of drug-likeness (QED) is 0.0596. The van der Waals surface area contributed by atoms with Crippen molar-refractivity contribution in [3.63, 3.8) is 0 Å². The summed E-state index contributed by atoms with van der Waals surface area (Å²) in [5.41, 5.74) is 7.45. The normalized spacial score (nSPS) is 10.9. The van der Waals surface area contributed by atoms with E-state index in [1.807, 2.05) is 142 Å². The number of aryl methyl sites for hydroxylation is 4. The molecule has 0 radical (unpaired) electrons. The van der Waals surface area contributed by atoms with E-state index in [9.17, 15) is 14.7 Å². The molecule has 0 fully saturated rings. The number of esters is 1. The molecule has 0 aliphatic heterocycles. The first-order valence-corrected chi connectivity index (χ1v) is 21.7. The molecule has 0 spiro atoms. The van der Waals surface area contributed by atoms with Gasteiger partial charge in [0.25, 0.3) is 0 Å². The molecule has 4 aromatic carbocycles. The molecule has 4 heterocycles. The fourth-order valence-corrected chi connectivity index (χ4v) is 7.30. The third-order valence-electron chi connectivity index (χ3n) is 10.5. The fraction of sp³-hybridized carbons (Fsp3) is 0.280. The highest BCUT2D eigenvalue weighted by atomic mass is 16.5. The topological polar surface area (TPSA) is 197 Å². The number of oxazole rings is 2. The number of nitrogens with one attached hydrogen (secondary N) is 1. The third-order valence-corrected chi connectivity index (χ3v) is 10.5. The molecule has 16 heteroatoms. The van der Waals surface area contributed by atoms with Crippen LogP contribution in [-0.2, 0) is 43.5 Å². The Bertz CT molecular complexity index is 2810. The molecule has 0 aliphatic rings. The van der Waals surface area contributed by atoms with Crippen LogP contribution >= 0.6 is 0 Å². The van der Waals surface area contributed by atoms with Crippen molar-refractivity contribution in [1.82, 2.24) is 35.3 Å². The van der Waals surface area contributed by atoms with Gasteiger partial charge >= 0.3 is 17.6 Å². The van der Waals surface area contributed by atoms with Crippen molar-refractivity contribution in [1.29, 1.82) is 0 Å². The molecule has 0 saturated carbocycles. The van der Waals surface area contributed by atoms with E-state index in [4.69, 9.17) is 23.0 Å². The van der Waals surface area contributed by atoms with E-state index in [1.54, 1.807) is 6.92 Å². The van der Waals surface area contributed by atoms with E-state index in [-0.39, 0.29) is 5.69 Å². The van der Waals surface area contributed by atoms with Crippen molar-refractivity contribution in [2.75, 3.05) is 19.8 Å². The molecule has 0 saturated heterocycles. The Morgan fingerprint density at radius 2 is 1.21 bits per heavy atom. The second-order valence-corrected chi connectivity index (χ2v) is 15.4. The molecule has 340 valence electrons. The lowest BCUT2D eigenvalue weighted by molar-refractivity contribution is -0.751. The van der Waals surface area contributed by atoms with Gasteiger partial charge in [-0.3, -0.25) is 0 Å². The van der Waals surface area contributed by atoms with E-state index in [1.165, 1.54) is 4.68 Å². The zero-order valence-corrected chi connectivity index (χ0v) is 37.7. The standard InChI is InChI=1S/C26H28N4O4.C24H24N4O4/c1-4-32-26(31)25-24(30(29-28-25)17-21-8-6-5-7-9-21)16-20-10-12-22(13-11-20)33-15-14-23-18(2)34-19(3)27-23;1-16-21(25-17(2)32-16)12-13-31-20-10-8-18(9-11-20)14-22-23(24(29)30)28(27-26-22)15-19-6-4-3-5-7-19/h5-13H,4,14-17H2,1-3H3;3-11H,12-15H2,1-2H3,(H,29,30)/p+1. The lowest BCUT2D eigenvalue weighted by Gasteiger charge is -2.07. The van der Waals surface area contributed by atoms with Crippen LogP contribution in [0.25, 0.3) is 0 Å². The first-order valence-electron chi connectivity index (χ1n) is 21.7. The zero-order chi connectivity index (χ0) is 46.4. The number of carboxylic acids is 1. The summed E-state index contributed by atoms with van der Waals surface area (Å²) in [6.07, 6.45) is 2.24. The van der Waals surface area contributed by atoms with Gasteiger partial charge in [0.2, 0.25) is 0 Å². The summed E-state index contributed by atoms with van der Waals surface area (Å²) in [5.74, 6) is 3.01. The number of H-pyrrole nitrogens is 1. The second-order valence-electron chi connectivity index (χ2n) is 15.4. The summed E-state index contributed by atoms with van der Waals surface area (Å²) in [6.45, 7) is 11.5. The van der Waals surface area contributed by atoms with Crippen molar-refractivity contribution in [2.45, 2.75) is 73.4 Å². The molecule has 8 aromatic rings. The lowest BCUT2D eigenvalue weighted by atomic mass is 10.1. The number of aromatic amines is 1. The number of carboxylic acid groups (broad SMARTS) is 1. The monoisotopic (exact) mass is 893 g/mol. The van der Waals surface area contributed by atoms with Gasteiger partial charge in [0.15, 0.2) is 23.2 Å². The molecular weight excluding hydrogens is 841 g/mol. The summed E-state index contributed by atoms with van der Waals surface area (Å²) in [7, 11) is 0. The van der Waals surface area contributed by atoms with Crippen LogP contribution in [0.15, 0.2) is 118 Å². The van der Waals surface area contributed by atoms with Gasteiger partial charge in [-0.25, -0.2) is 24.2 Å². The second kappa shape index (κ2) is 22.2. The van der Waals surface area contributed by atoms with Crippen LogP contribution in [0, 0.1) is 27.7 Å². The first kappa shape index (κ1) is 46.1. The summed E-state index contributed by atoms with van der Waals surface area (Å²) in [5, 5.41) is 25.1. The van der Waals surface area contributed by atoms with Crippen molar-refractivity contribution < 1.29 is 42.4 Å². The molecule has 0 bridgehead atoms. The maximum Gasteiger partial charge on any atom is 0.389 e. The number of rotatable bonds is 19. The van der Waals surface area contributed by atoms with Crippen LogP contribution in [0.4, 0.5) is 0 Å². The van der Waals surface area contributed by atoms with Gasteiger partial charge < -0.3 is 28.2 Å². The van der Waals surface area contributed by atoms with Gasteiger partial charge in [-0.05, 0) is 67.3 Å². The van der Waals surface area contributed by atoms with Crippen LogP contribution in [0.5, 0.6) is 11.5 Å². The lowest BCUT2D eigenvalue weighted by Crippen LogP contribution is -2.40. The van der Waals surface area contributed by atoms with Gasteiger partial charge in [0.05, 0.1) is 42.9 Å². The maximum atomic E-state index is 12.5. The Morgan fingerprint density at radius 1 is 0.682 bits per heavy atom. The minimum absolute atomic E-state index is 0.104. The summed E-state index contributed by atoms with van der Waals surface area (Å²) >= 11 is 0. The molecular formula is C50H53N8O8+. The van der Waals surface area contributed by atoms with Crippen LogP contribution in [0.3, 0.4) is 0 Å². The van der Waals surface area contributed by atoms with Gasteiger partial charge in [-0.1, -0.05) is 95.4 Å². The minimum Gasteiger partial charge on any atom is -0.493 e. The number of ether oxygens (including phenoxy) is 3. The van der Waals surface area contributed by atoms with Crippen molar-refractivity contribution in [3.05, 3.63) is 189 Å². The third kappa shape index (κ3) is 12.4. The average molecular weight is 894 g/mol. The number of carbonyl (C=O) groups excluding carboxylic acids is 1. The van der Waals surface area contributed by atoms with Crippen molar-refractivity contribution in [2.24, 2.45) is 0 Å². The molecule has 0 aliphatic carbocycles. The fourth-order valence-electron chi connectivity index (χ4n) is 7.30. The molecule has 0 unspecified atom stereocenters. The van der Waals surface area contributed by atoms with E-state index in [0.29, 0.717) is 81.8 Å². The van der Waals surface area contributed by atoms with Crippen LogP contribution in [0.1, 0.15) is 96.2 Å². The van der Waals surface area contributed by atoms with E-state index < -0.39 is 11.9 Å². The molecule has 66 heavy (non-hydrogen) atoms. The van der Waals surface area contributed by atoms with Crippen LogP contribution in [0.2, 0.25) is 0 Å². The highest BCUT2D eigenvalue weighted by Crippen LogP contribution is 2.20. The van der Waals surface area contributed by atoms with E-state index in [2.05, 4.69) is 30.6 Å². The predicted octanol–water partition coefficient (Wildman–Crippen LogP) is 7.58. The Hall–Kier alpha value is -7.88. The first-order chi connectivity index (χ1) is 32.0. The smallest absolute Gasteiger partial charge is 0.389 e. The highest BCUT2D eigenvalue weighted by molar-refractivity contribution is 5.88. The average Bonchev–Trinajstić information content (AvgIpc) is 4.07. The molecule has 0 amide bonds. The molecule has 4 aromatic heterocycles. The van der Waals surface area contributed by atoms with Gasteiger partial charge in [0, 0.05) is 39.5 Å². The molecule has 0 atom stereocenters. The van der Waals surface area contributed by atoms with Crippen molar-refractivity contribution in [3.8, 4) is 11.5 Å². The SMILES string of the molecule is CCOC(=O)c1n[nH][n+](Cc2ccccc2)c1Cc1ccc(OCCc2nc(C)oc2C)cc1.Cc1nc(CCOc2ccc(Cc3nnn(Cc4ccccc4)c3C(=O)O)cc2)c(C)o1. The number of benzene rings is 4. The molecule has 16 nitrogen and oxygen atoms in total. The van der Waals surface area contributed by atoms with Gasteiger partial charge in [0.1, 0.15) is 35.3 Å². The van der Waals surface area contributed by atoms with Crippen molar-refractivity contribution >= 4 is 11.9 Å². The largest absolute Gasteiger partial charge is 0.493 e. The number of nitrogens with zero attached hydrogens (tertiary/aromatic N) is 7. The summed E-state index contributed by atoms with van der Waals surface area (Å²) in [6, 6.07) is 35.0. The molecule has 8 rings (SSSR count). The number of carbonyl (C=O) groups is 2. The van der Waals surface area contributed by atoms with E-state index >= 15 is 0 Å². The zero-order valence-electron chi connectivity index (χ0n) is 37.7. The minimum atomic E-state index is -1.04. The maximum absolute atomic E-state index is 12.5. The van der Waals surface area contributed by atoms with Gasteiger partial charge in [-0.2, -0.15) is 4.68 Å².